The van der Waals surface area contributed by atoms with Gasteiger partial charge in [-0.15, -0.1) is 18.1 Å². The van der Waals surface area contributed by atoms with Crippen LogP contribution in [-0.2, 0) is 10.8 Å². The Balaban J connectivity index is 2.20. The summed E-state index contributed by atoms with van der Waals surface area (Å²) in [5.74, 6) is -0.0905. The van der Waals surface area contributed by atoms with E-state index in [-0.39, 0.29) is 28.0 Å². The maximum absolute atomic E-state index is 13.3. The minimum absolute atomic E-state index is 0.0293. The lowest BCUT2D eigenvalue weighted by molar-refractivity contribution is 0.104. The number of aliphatic hydroxyl groups is 1. The van der Waals surface area contributed by atoms with E-state index in [2.05, 4.69) is 70.3 Å². The van der Waals surface area contributed by atoms with Crippen molar-refractivity contribution < 1.29 is 29.0 Å². The normalized spacial score (nSPS) is 21.0. The zero-order chi connectivity index (χ0) is 29.3. The van der Waals surface area contributed by atoms with Gasteiger partial charge in [-0.05, 0) is 72.8 Å². The Kier molecular flexibility index (Phi) is 7.62. The summed E-state index contributed by atoms with van der Waals surface area (Å²) in [5.41, 5.74) is 2.98. The largest absolute Gasteiger partial charge is 0.559 e. The van der Waals surface area contributed by atoms with Gasteiger partial charge in [0, 0.05) is 26.5 Å². The van der Waals surface area contributed by atoms with Gasteiger partial charge in [-0.3, -0.25) is 4.98 Å². The Bertz CT molecular complexity index is 1230. The first kappa shape index (κ1) is 31.8. The van der Waals surface area contributed by atoms with Gasteiger partial charge >= 0.3 is 10.2 Å². The Labute approximate surface area is 238 Å². The quantitative estimate of drug-likeness (QED) is 0.186. The van der Waals surface area contributed by atoms with E-state index >= 15 is 0 Å². The standard InChI is InChI=1S/C27H39F5INO2SSi/c1-16(2)24-22(25(35)17-10-12-18(13-11-17)37(28,29,30,31)32)23(33)21-19(34-24)14-27(6,7)15-20(21)36-38(8,9)26(3,4)5/h10-13,16,20,25,35H,14-15H2,1-9H3/q-1/t20-,25+/m0/s1. The Hall–Kier alpha value is -0.763. The lowest BCUT2D eigenvalue weighted by atomic mass is 9.74. The highest BCUT2D eigenvalue weighted by molar-refractivity contribution is 14.1. The number of pyridine rings is 1. The van der Waals surface area contributed by atoms with E-state index in [0.717, 1.165) is 39.8 Å². The van der Waals surface area contributed by atoms with Crippen molar-refractivity contribution in [2.75, 3.05) is 0 Å². The van der Waals surface area contributed by atoms with Crippen LogP contribution in [-0.4, -0.2) is 18.4 Å². The van der Waals surface area contributed by atoms with E-state index in [0.29, 0.717) is 23.4 Å². The molecular weight excluding hydrogens is 652 g/mol. The van der Waals surface area contributed by atoms with Gasteiger partial charge in [0.15, 0.2) is 0 Å². The zero-order valence-corrected chi connectivity index (χ0v) is 27.4. The topological polar surface area (TPSA) is 42.4 Å². The van der Waals surface area contributed by atoms with Crippen LogP contribution >= 0.6 is 32.8 Å². The first-order valence-corrected chi connectivity index (χ1v) is 18.6. The predicted molar refractivity (Wildman–Crippen MR) is 156 cm³/mol. The van der Waals surface area contributed by atoms with Crippen LogP contribution in [0.3, 0.4) is 0 Å². The Morgan fingerprint density at radius 1 is 1.08 bits per heavy atom. The van der Waals surface area contributed by atoms with Crippen LogP contribution in [0.1, 0.15) is 101 Å². The van der Waals surface area contributed by atoms with Crippen molar-refractivity contribution in [3.8, 4) is 0 Å². The minimum Gasteiger partial charge on any atom is -0.559 e. The van der Waals surface area contributed by atoms with Crippen molar-refractivity contribution in [2.24, 2.45) is 5.41 Å². The SMILES string of the molecule is CC(C)c1nc2c(c(I)c1[C@H](O)c1ccc(S(F)(F)(F)(F)F)cc1)[C@@H](O[Si-](C)(C)C(C)(C)C)CC(C)(C)C2. The minimum atomic E-state index is -9.82. The maximum atomic E-state index is 13.3. The van der Waals surface area contributed by atoms with E-state index in [9.17, 15) is 24.5 Å². The van der Waals surface area contributed by atoms with Crippen LogP contribution in [0.25, 0.3) is 0 Å². The number of fused-ring (bicyclic) bond motifs is 1. The number of rotatable bonds is 6. The van der Waals surface area contributed by atoms with Crippen LogP contribution in [0.2, 0.25) is 18.1 Å². The van der Waals surface area contributed by atoms with E-state index in [1.165, 1.54) is 0 Å². The van der Waals surface area contributed by atoms with Crippen LogP contribution in [0.15, 0.2) is 29.2 Å². The molecule has 217 valence electrons. The van der Waals surface area contributed by atoms with Gasteiger partial charge < -0.3 is 9.53 Å². The molecule has 0 spiro atoms. The molecule has 11 heteroatoms. The summed E-state index contributed by atoms with van der Waals surface area (Å²) >= 11 is 2.19. The first-order valence-electron chi connectivity index (χ1n) is 12.7. The summed E-state index contributed by atoms with van der Waals surface area (Å²) in [4.78, 5) is 3.04. The van der Waals surface area contributed by atoms with Gasteiger partial charge in [0.1, 0.15) is 11.0 Å². The van der Waals surface area contributed by atoms with E-state index in [1.807, 2.05) is 13.8 Å². The van der Waals surface area contributed by atoms with Crippen molar-refractivity contribution in [1.82, 2.24) is 4.98 Å². The summed E-state index contributed by atoms with van der Waals surface area (Å²) in [5, 5.41) is 11.4. The number of hydrogen-bond donors (Lipinski definition) is 1. The number of aliphatic hydroxyl groups excluding tert-OH is 1. The molecule has 0 saturated carbocycles. The summed E-state index contributed by atoms with van der Waals surface area (Å²) in [6.07, 6.45) is -0.103. The molecule has 0 radical (unpaired) electrons. The molecular formula is C27H39F5INO2SSi-. The number of nitrogens with zero attached hydrogens (tertiary/aromatic N) is 1. The fourth-order valence-corrected chi connectivity index (χ4v) is 7.79. The molecule has 1 aliphatic carbocycles. The molecule has 3 nitrogen and oxygen atoms in total. The van der Waals surface area contributed by atoms with Gasteiger partial charge in [0.2, 0.25) is 0 Å². The van der Waals surface area contributed by atoms with Crippen molar-refractivity contribution in [3.05, 3.63) is 55.9 Å². The van der Waals surface area contributed by atoms with Crippen molar-refractivity contribution in [2.45, 2.75) is 102 Å². The predicted octanol–water partition coefficient (Wildman–Crippen LogP) is 10.6. The average Bonchev–Trinajstić information content (AvgIpc) is 2.69. The number of benzene rings is 1. The number of halogens is 6. The van der Waals surface area contributed by atoms with Gasteiger partial charge in [0.05, 0.1) is 5.69 Å². The number of aromatic nitrogens is 1. The molecule has 38 heavy (non-hydrogen) atoms. The molecule has 2 aromatic rings. The molecule has 0 amide bonds. The second-order valence-corrected chi connectivity index (χ2v) is 21.3. The summed E-state index contributed by atoms with van der Waals surface area (Å²) < 4.78 is 74.0. The van der Waals surface area contributed by atoms with E-state index < -0.39 is 29.5 Å². The van der Waals surface area contributed by atoms with Crippen LogP contribution in [0.5, 0.6) is 0 Å². The van der Waals surface area contributed by atoms with Crippen LogP contribution < -0.4 is 0 Å². The molecule has 1 aromatic carbocycles. The van der Waals surface area contributed by atoms with Gasteiger partial charge in [-0.1, -0.05) is 80.0 Å². The number of hydrogen-bond acceptors (Lipinski definition) is 3. The van der Waals surface area contributed by atoms with Crippen LogP contribution in [0, 0.1) is 8.99 Å². The fourth-order valence-electron chi connectivity index (χ4n) is 4.65. The third kappa shape index (κ3) is 6.58. The molecule has 0 fully saturated rings. The average molecular weight is 692 g/mol. The fraction of sp³-hybridized carbons (Fsp3) is 0.593. The molecule has 0 unspecified atom stereocenters. The molecule has 1 heterocycles. The second-order valence-electron chi connectivity index (χ2n) is 13.1. The summed E-state index contributed by atoms with van der Waals surface area (Å²) in [6, 6.07) is 2.54. The molecule has 1 aliphatic rings. The summed E-state index contributed by atoms with van der Waals surface area (Å²) in [7, 11) is -12.0. The van der Waals surface area contributed by atoms with Gasteiger partial charge in [-0.25, -0.2) is 0 Å². The van der Waals surface area contributed by atoms with Crippen molar-refractivity contribution >= 4 is 41.1 Å². The van der Waals surface area contributed by atoms with Gasteiger partial charge in [0.25, 0.3) is 0 Å². The Morgan fingerprint density at radius 2 is 1.61 bits per heavy atom. The highest BCUT2D eigenvalue weighted by Crippen LogP contribution is 3.02. The first-order chi connectivity index (χ1) is 16.7. The van der Waals surface area contributed by atoms with E-state index in [1.54, 1.807) is 0 Å². The zero-order valence-electron chi connectivity index (χ0n) is 23.4. The molecule has 0 saturated heterocycles. The highest BCUT2D eigenvalue weighted by Gasteiger charge is 2.65. The second kappa shape index (κ2) is 9.12. The monoisotopic (exact) mass is 691 g/mol. The smallest absolute Gasteiger partial charge is 0.310 e. The molecule has 0 aliphatic heterocycles. The van der Waals surface area contributed by atoms with Gasteiger partial charge in [-0.2, -0.15) is 0 Å². The van der Waals surface area contributed by atoms with Crippen molar-refractivity contribution in [3.63, 3.8) is 0 Å². The molecule has 1 N–H and O–H groups in total. The lowest BCUT2D eigenvalue weighted by Crippen LogP contribution is -2.44. The van der Waals surface area contributed by atoms with E-state index in [4.69, 9.17) is 9.41 Å². The van der Waals surface area contributed by atoms with Crippen LogP contribution in [0.4, 0.5) is 19.4 Å². The van der Waals surface area contributed by atoms with Crippen molar-refractivity contribution in [1.29, 1.82) is 0 Å². The molecule has 2 atom stereocenters. The Morgan fingerprint density at radius 3 is 2.05 bits per heavy atom. The summed E-state index contributed by atoms with van der Waals surface area (Å²) in [6.45, 7) is 19.1. The lowest BCUT2D eigenvalue weighted by Gasteiger charge is -2.53. The third-order valence-electron chi connectivity index (χ3n) is 7.73. The molecule has 0 bridgehead atoms. The maximum Gasteiger partial charge on any atom is 0.310 e. The molecule has 3 rings (SSSR count). The molecule has 1 aromatic heterocycles. The highest BCUT2D eigenvalue weighted by atomic mass is 127. The third-order valence-corrected chi connectivity index (χ3v) is 14.5.